The lowest BCUT2D eigenvalue weighted by molar-refractivity contribution is 0.911. The fourth-order valence-electron chi connectivity index (χ4n) is 0.828. The molecule has 0 bridgehead atoms. The number of nitrogens with one attached hydrogen (secondary N) is 1. The maximum atomic E-state index is 3.96. The second kappa shape index (κ2) is 4.26. The third kappa shape index (κ3) is 2.32. The molecule has 0 saturated carbocycles. The van der Waals surface area contributed by atoms with Crippen LogP contribution in [0.4, 0.5) is 0 Å². The molecule has 13 heavy (non-hydrogen) atoms. The zero-order valence-electron chi connectivity index (χ0n) is 6.53. The highest BCUT2D eigenvalue weighted by molar-refractivity contribution is 9.10. The third-order valence-electron chi connectivity index (χ3n) is 1.44. The first-order chi connectivity index (χ1) is 6.36. The minimum absolute atomic E-state index is 0.931. The van der Waals surface area contributed by atoms with Crippen LogP contribution in [0.25, 0.3) is 0 Å². The summed E-state index contributed by atoms with van der Waals surface area (Å²) < 4.78 is 1.17. The zero-order valence-corrected chi connectivity index (χ0v) is 9.75. The van der Waals surface area contributed by atoms with Gasteiger partial charge in [-0.25, -0.2) is 0 Å². The standard InChI is InChI=1S/C7H6BrN3S2/c8-5-1-2-12-6(5)4-13-7-3-9-11-10-7/h1-3H,4H2,(H,9,10,11). The lowest BCUT2D eigenvalue weighted by Gasteiger charge is -1.94. The molecule has 1 N–H and O–H groups in total. The largest absolute Gasteiger partial charge is 0.197 e. The summed E-state index contributed by atoms with van der Waals surface area (Å²) in [5.41, 5.74) is 0. The number of halogens is 1. The van der Waals surface area contributed by atoms with E-state index >= 15 is 0 Å². The summed E-state index contributed by atoms with van der Waals surface area (Å²) in [6.45, 7) is 0. The molecule has 2 heterocycles. The van der Waals surface area contributed by atoms with Gasteiger partial charge < -0.3 is 0 Å². The van der Waals surface area contributed by atoms with E-state index in [-0.39, 0.29) is 0 Å². The maximum absolute atomic E-state index is 3.96. The van der Waals surface area contributed by atoms with Crippen molar-refractivity contribution in [2.24, 2.45) is 0 Å². The van der Waals surface area contributed by atoms with Gasteiger partial charge in [-0.15, -0.1) is 16.4 Å². The number of aromatic amines is 1. The van der Waals surface area contributed by atoms with Crippen LogP contribution in [0, 0.1) is 0 Å². The van der Waals surface area contributed by atoms with Gasteiger partial charge in [-0.2, -0.15) is 10.3 Å². The van der Waals surface area contributed by atoms with E-state index < -0.39 is 0 Å². The summed E-state index contributed by atoms with van der Waals surface area (Å²) in [6, 6.07) is 2.06. The van der Waals surface area contributed by atoms with Crippen LogP contribution in [-0.4, -0.2) is 15.4 Å². The fourth-order valence-corrected chi connectivity index (χ4v) is 3.41. The molecule has 0 spiro atoms. The van der Waals surface area contributed by atoms with Crippen molar-refractivity contribution in [1.29, 1.82) is 0 Å². The number of H-pyrrole nitrogens is 1. The molecule has 2 aromatic heterocycles. The molecule has 0 aromatic carbocycles. The van der Waals surface area contributed by atoms with Gasteiger partial charge in [0.2, 0.25) is 0 Å². The van der Waals surface area contributed by atoms with Gasteiger partial charge in [0.1, 0.15) is 5.03 Å². The normalized spacial score (nSPS) is 10.5. The first-order valence-corrected chi connectivity index (χ1v) is 6.22. The molecule has 0 unspecified atom stereocenters. The van der Waals surface area contributed by atoms with Gasteiger partial charge in [-0.1, -0.05) is 11.8 Å². The Kier molecular flexibility index (Phi) is 3.02. The smallest absolute Gasteiger partial charge is 0.139 e. The van der Waals surface area contributed by atoms with Crippen LogP contribution in [0.15, 0.2) is 27.1 Å². The van der Waals surface area contributed by atoms with Crippen molar-refractivity contribution in [3.63, 3.8) is 0 Å². The van der Waals surface area contributed by atoms with E-state index in [1.807, 2.05) is 0 Å². The van der Waals surface area contributed by atoms with Gasteiger partial charge in [0.15, 0.2) is 0 Å². The average Bonchev–Trinajstić information content (AvgIpc) is 2.72. The van der Waals surface area contributed by atoms with Gasteiger partial charge >= 0.3 is 0 Å². The molecule has 0 atom stereocenters. The summed E-state index contributed by atoms with van der Waals surface area (Å²) in [6.07, 6.45) is 1.73. The number of aromatic nitrogens is 3. The van der Waals surface area contributed by atoms with Crippen LogP contribution in [0.1, 0.15) is 4.88 Å². The van der Waals surface area contributed by atoms with Crippen molar-refractivity contribution >= 4 is 39.0 Å². The van der Waals surface area contributed by atoms with Crippen LogP contribution in [0.2, 0.25) is 0 Å². The summed E-state index contributed by atoms with van der Waals surface area (Å²) in [5, 5.41) is 13.3. The third-order valence-corrected chi connectivity index (χ3v) is 4.47. The number of rotatable bonds is 3. The van der Waals surface area contributed by atoms with E-state index in [1.165, 1.54) is 9.35 Å². The molecule has 0 aliphatic carbocycles. The molecule has 6 heteroatoms. The van der Waals surface area contributed by atoms with E-state index in [2.05, 4.69) is 42.8 Å². The first-order valence-electron chi connectivity index (χ1n) is 3.56. The van der Waals surface area contributed by atoms with Crippen LogP contribution in [0.3, 0.4) is 0 Å². The van der Waals surface area contributed by atoms with E-state index in [4.69, 9.17) is 0 Å². The second-order valence-corrected chi connectivity index (χ2v) is 5.14. The Bertz CT molecular complexity index is 371. The van der Waals surface area contributed by atoms with Crippen LogP contribution >= 0.6 is 39.0 Å². The van der Waals surface area contributed by atoms with Gasteiger partial charge in [-0.3, -0.25) is 0 Å². The van der Waals surface area contributed by atoms with E-state index in [0.29, 0.717) is 0 Å². The fraction of sp³-hybridized carbons (Fsp3) is 0.143. The van der Waals surface area contributed by atoms with Gasteiger partial charge in [-0.05, 0) is 27.4 Å². The van der Waals surface area contributed by atoms with E-state index in [1.54, 1.807) is 29.3 Å². The molecule has 3 nitrogen and oxygen atoms in total. The molecule has 2 rings (SSSR count). The Labute approximate surface area is 92.1 Å². The quantitative estimate of drug-likeness (QED) is 0.876. The Balaban J connectivity index is 1.97. The SMILES string of the molecule is Brc1ccsc1CSc1cn[nH]n1. The number of thioether (sulfide) groups is 1. The van der Waals surface area contributed by atoms with Crippen molar-refractivity contribution in [2.45, 2.75) is 10.8 Å². The highest BCUT2D eigenvalue weighted by Crippen LogP contribution is 2.29. The zero-order chi connectivity index (χ0) is 9.10. The lowest BCUT2D eigenvalue weighted by atomic mass is 10.5. The molecule has 0 fully saturated rings. The van der Waals surface area contributed by atoms with Crippen molar-refractivity contribution in [3.8, 4) is 0 Å². The highest BCUT2D eigenvalue weighted by Gasteiger charge is 2.03. The minimum Gasteiger partial charge on any atom is -0.197 e. The number of thiophene rings is 1. The van der Waals surface area contributed by atoms with Crippen molar-refractivity contribution in [1.82, 2.24) is 15.4 Å². The van der Waals surface area contributed by atoms with Crippen LogP contribution in [-0.2, 0) is 5.75 Å². The Morgan fingerprint density at radius 1 is 1.62 bits per heavy atom. The van der Waals surface area contributed by atoms with Crippen LogP contribution < -0.4 is 0 Å². The first kappa shape index (κ1) is 9.23. The molecule has 0 radical (unpaired) electrons. The summed E-state index contributed by atoms with van der Waals surface area (Å²) in [7, 11) is 0. The number of nitrogens with zero attached hydrogens (tertiary/aromatic N) is 2. The molecule has 0 aliphatic heterocycles. The van der Waals surface area contributed by atoms with Gasteiger partial charge in [0.05, 0.1) is 6.20 Å². The van der Waals surface area contributed by atoms with Crippen LogP contribution in [0.5, 0.6) is 0 Å². The van der Waals surface area contributed by atoms with Gasteiger partial charge in [0, 0.05) is 15.1 Å². The second-order valence-electron chi connectivity index (χ2n) is 2.29. The van der Waals surface area contributed by atoms with Crippen molar-refractivity contribution < 1.29 is 0 Å². The molecule has 68 valence electrons. The summed E-state index contributed by atoms with van der Waals surface area (Å²) in [4.78, 5) is 1.33. The van der Waals surface area contributed by atoms with Gasteiger partial charge in [0.25, 0.3) is 0 Å². The maximum Gasteiger partial charge on any atom is 0.139 e. The minimum atomic E-state index is 0.931. The Morgan fingerprint density at radius 2 is 2.54 bits per heavy atom. The Morgan fingerprint density at radius 3 is 3.15 bits per heavy atom. The average molecular weight is 276 g/mol. The summed E-state index contributed by atoms with van der Waals surface area (Å²) in [5.74, 6) is 0.935. The van der Waals surface area contributed by atoms with Crippen molar-refractivity contribution in [2.75, 3.05) is 0 Å². The molecular formula is C7H6BrN3S2. The monoisotopic (exact) mass is 275 g/mol. The summed E-state index contributed by atoms with van der Waals surface area (Å²) >= 11 is 6.90. The molecule has 2 aromatic rings. The molecule has 0 saturated heterocycles. The predicted octanol–water partition coefficient (Wildman–Crippen LogP) is 2.92. The molecular weight excluding hydrogens is 270 g/mol. The Hall–Kier alpha value is -0.330. The van der Waals surface area contributed by atoms with E-state index in [0.717, 1.165) is 10.8 Å². The predicted molar refractivity (Wildman–Crippen MR) is 58.0 cm³/mol. The number of hydrogen-bond donors (Lipinski definition) is 1. The van der Waals surface area contributed by atoms with E-state index in [9.17, 15) is 0 Å². The molecule has 0 aliphatic rings. The lowest BCUT2D eigenvalue weighted by Crippen LogP contribution is -1.76. The highest BCUT2D eigenvalue weighted by atomic mass is 79.9. The number of hydrogen-bond acceptors (Lipinski definition) is 4. The van der Waals surface area contributed by atoms with Crippen molar-refractivity contribution in [3.05, 3.63) is 27.0 Å². The molecule has 0 amide bonds. The topological polar surface area (TPSA) is 41.6 Å².